The van der Waals surface area contributed by atoms with Crippen LogP contribution in [0.25, 0.3) is 0 Å². The van der Waals surface area contributed by atoms with Crippen molar-refractivity contribution in [3.63, 3.8) is 0 Å². The van der Waals surface area contributed by atoms with Gasteiger partial charge >= 0.3 is 6.03 Å². The Hall–Kier alpha value is -1.55. The van der Waals surface area contributed by atoms with Gasteiger partial charge in [-0.25, -0.2) is 4.79 Å². The molecule has 1 aromatic carbocycles. The number of urea groups is 1. The third-order valence-corrected chi connectivity index (χ3v) is 7.80. The molecule has 2 heterocycles. The highest BCUT2D eigenvalue weighted by Crippen LogP contribution is 2.56. The number of amides is 2. The molecule has 2 amide bonds. The fraction of sp³-hybridized carbons (Fsp3) is 0.682. The van der Waals surface area contributed by atoms with Crippen molar-refractivity contribution in [2.45, 2.75) is 57.9 Å². The van der Waals surface area contributed by atoms with E-state index in [1.165, 1.54) is 11.1 Å². The molecule has 4 heteroatoms. The minimum absolute atomic E-state index is 0.0431. The molecule has 4 nitrogen and oxygen atoms in total. The number of fused-ring (bicyclic) bond motifs is 4. The van der Waals surface area contributed by atoms with Crippen LogP contribution in [0.4, 0.5) is 4.79 Å². The summed E-state index contributed by atoms with van der Waals surface area (Å²) in [7, 11) is 0. The summed E-state index contributed by atoms with van der Waals surface area (Å²) in [6.45, 7) is 9.63. The van der Waals surface area contributed by atoms with Crippen LogP contribution in [-0.2, 0) is 11.8 Å². The van der Waals surface area contributed by atoms with E-state index in [9.17, 15) is 9.90 Å². The van der Waals surface area contributed by atoms with E-state index in [1.54, 1.807) is 0 Å². The van der Waals surface area contributed by atoms with Crippen LogP contribution in [0.2, 0.25) is 0 Å². The molecule has 0 radical (unpaired) electrons. The van der Waals surface area contributed by atoms with Crippen LogP contribution in [0.3, 0.4) is 0 Å². The number of piperidine rings is 2. The van der Waals surface area contributed by atoms with Crippen molar-refractivity contribution in [2.75, 3.05) is 26.2 Å². The van der Waals surface area contributed by atoms with Gasteiger partial charge in [-0.15, -0.1) is 0 Å². The van der Waals surface area contributed by atoms with Gasteiger partial charge in [0.05, 0.1) is 0 Å². The van der Waals surface area contributed by atoms with E-state index in [-0.39, 0.29) is 35.4 Å². The van der Waals surface area contributed by atoms with Gasteiger partial charge in [0, 0.05) is 37.7 Å². The van der Waals surface area contributed by atoms with Gasteiger partial charge in [-0.1, -0.05) is 45.0 Å². The zero-order valence-electron chi connectivity index (χ0n) is 16.4. The average molecular weight is 357 g/mol. The van der Waals surface area contributed by atoms with E-state index in [4.69, 9.17) is 0 Å². The lowest BCUT2D eigenvalue weighted by Gasteiger charge is -2.61. The second kappa shape index (κ2) is 6.26. The van der Waals surface area contributed by atoms with Crippen molar-refractivity contribution < 1.29 is 9.90 Å². The zero-order valence-corrected chi connectivity index (χ0v) is 16.4. The predicted molar refractivity (Wildman–Crippen MR) is 103 cm³/mol. The minimum atomic E-state index is 0.0431. The fourth-order valence-corrected chi connectivity index (χ4v) is 5.67. The summed E-state index contributed by atoms with van der Waals surface area (Å²) in [5, 5.41) is 9.52. The topological polar surface area (TPSA) is 43.8 Å². The Morgan fingerprint density at radius 1 is 1.23 bits per heavy atom. The number of nitrogens with zero attached hydrogens (tertiary/aromatic N) is 2. The van der Waals surface area contributed by atoms with Gasteiger partial charge in [0.1, 0.15) is 0 Å². The summed E-state index contributed by atoms with van der Waals surface area (Å²) >= 11 is 0. The number of carbonyl (C=O) groups excluding carboxylic acids is 1. The van der Waals surface area contributed by atoms with Crippen LogP contribution >= 0.6 is 0 Å². The second-order valence-electron chi connectivity index (χ2n) is 9.29. The molecule has 1 aliphatic carbocycles. The van der Waals surface area contributed by atoms with Crippen molar-refractivity contribution in [2.24, 2.45) is 11.3 Å². The molecule has 26 heavy (non-hydrogen) atoms. The van der Waals surface area contributed by atoms with Gasteiger partial charge in [-0.3, -0.25) is 0 Å². The Bertz CT molecular complexity index is 701. The monoisotopic (exact) mass is 356 g/mol. The molecule has 2 fully saturated rings. The van der Waals surface area contributed by atoms with Gasteiger partial charge in [0.25, 0.3) is 0 Å². The first-order valence-corrected chi connectivity index (χ1v) is 10.1. The number of hydrogen-bond donors (Lipinski definition) is 1. The van der Waals surface area contributed by atoms with Crippen molar-refractivity contribution in [3.8, 4) is 0 Å². The molecule has 142 valence electrons. The minimum Gasteiger partial charge on any atom is -0.396 e. The molecule has 2 aliphatic heterocycles. The van der Waals surface area contributed by atoms with Crippen molar-refractivity contribution in [1.29, 1.82) is 0 Å². The Labute approximate surface area is 157 Å². The molecule has 1 aromatic rings. The number of carbonyl (C=O) groups is 1. The van der Waals surface area contributed by atoms with Gasteiger partial charge in [-0.05, 0) is 48.1 Å². The lowest BCUT2D eigenvalue weighted by molar-refractivity contribution is -0.0262. The van der Waals surface area contributed by atoms with Crippen LogP contribution in [0.5, 0.6) is 0 Å². The summed E-state index contributed by atoms with van der Waals surface area (Å²) in [6.07, 6.45) is 3.98. The first kappa shape index (κ1) is 17.8. The Balaban J connectivity index is 1.64. The first-order valence-electron chi connectivity index (χ1n) is 10.1. The Morgan fingerprint density at radius 2 is 2.00 bits per heavy atom. The Kier molecular flexibility index (Phi) is 4.30. The lowest BCUT2D eigenvalue weighted by Crippen LogP contribution is -2.66. The summed E-state index contributed by atoms with van der Waals surface area (Å²) in [5.74, 6) is 0.239. The van der Waals surface area contributed by atoms with E-state index in [0.29, 0.717) is 6.54 Å². The molecule has 4 rings (SSSR count). The van der Waals surface area contributed by atoms with Gasteiger partial charge in [0.15, 0.2) is 0 Å². The van der Waals surface area contributed by atoms with Crippen LogP contribution < -0.4 is 0 Å². The molecule has 3 aliphatic rings. The number of aliphatic hydroxyl groups excluding tert-OH is 1. The van der Waals surface area contributed by atoms with Crippen LogP contribution in [0.1, 0.15) is 51.2 Å². The number of aliphatic hydroxyl groups is 1. The fourth-order valence-electron chi connectivity index (χ4n) is 5.67. The quantitative estimate of drug-likeness (QED) is 0.838. The molecular weight excluding hydrogens is 324 g/mol. The lowest BCUT2D eigenvalue weighted by atomic mass is 9.51. The zero-order chi connectivity index (χ0) is 18.5. The number of rotatable bonds is 1. The number of hydrogen-bond acceptors (Lipinski definition) is 2. The number of benzene rings is 1. The number of likely N-dealkylation sites (tertiary alicyclic amines) is 2. The average Bonchev–Trinajstić information content (AvgIpc) is 2.64. The molecule has 0 saturated carbocycles. The van der Waals surface area contributed by atoms with Gasteiger partial charge in [0.2, 0.25) is 0 Å². The van der Waals surface area contributed by atoms with Gasteiger partial charge < -0.3 is 14.9 Å². The predicted octanol–water partition coefficient (Wildman–Crippen LogP) is 3.43. The summed E-state index contributed by atoms with van der Waals surface area (Å²) in [4.78, 5) is 17.5. The largest absolute Gasteiger partial charge is 0.396 e. The summed E-state index contributed by atoms with van der Waals surface area (Å²) in [5.41, 5.74) is 3.04. The van der Waals surface area contributed by atoms with E-state index < -0.39 is 0 Å². The maximum absolute atomic E-state index is 13.4. The Morgan fingerprint density at radius 3 is 2.77 bits per heavy atom. The third-order valence-electron chi connectivity index (χ3n) is 7.80. The first-order chi connectivity index (χ1) is 12.4. The van der Waals surface area contributed by atoms with E-state index >= 15 is 0 Å². The third kappa shape index (κ3) is 2.49. The SMILES string of the molecule is CC1(C)[C@H]2Cc3ccccc3[C@]1(C)CCN2C(=O)N1CCCC(CO)C1. The van der Waals surface area contributed by atoms with Crippen LogP contribution in [0, 0.1) is 11.3 Å². The van der Waals surface area contributed by atoms with E-state index in [2.05, 4.69) is 49.9 Å². The van der Waals surface area contributed by atoms with Gasteiger partial charge in [-0.2, -0.15) is 0 Å². The molecule has 2 bridgehead atoms. The summed E-state index contributed by atoms with van der Waals surface area (Å²) < 4.78 is 0. The maximum atomic E-state index is 13.4. The molecule has 1 N–H and O–H groups in total. The molecule has 0 aromatic heterocycles. The highest BCUT2D eigenvalue weighted by Gasteiger charge is 2.57. The van der Waals surface area contributed by atoms with Crippen LogP contribution in [0.15, 0.2) is 24.3 Å². The standard InChI is InChI=1S/C22H32N2O2/c1-21(2)19-13-17-8-4-5-9-18(17)22(21,3)10-12-24(19)20(26)23-11-6-7-16(14-23)15-25/h4-5,8-9,16,19,25H,6-7,10-15H2,1-3H3/t16?,19-,22+/m1/s1. The molecule has 1 unspecified atom stereocenters. The molecule has 3 atom stereocenters. The second-order valence-corrected chi connectivity index (χ2v) is 9.29. The van der Waals surface area contributed by atoms with Crippen LogP contribution in [-0.4, -0.2) is 53.2 Å². The highest BCUT2D eigenvalue weighted by molar-refractivity contribution is 5.75. The van der Waals surface area contributed by atoms with Crippen molar-refractivity contribution in [1.82, 2.24) is 9.80 Å². The molecule has 0 spiro atoms. The van der Waals surface area contributed by atoms with Crippen molar-refractivity contribution in [3.05, 3.63) is 35.4 Å². The molecule has 2 saturated heterocycles. The van der Waals surface area contributed by atoms with E-state index in [1.807, 2.05) is 4.90 Å². The molecular formula is C22H32N2O2. The highest BCUT2D eigenvalue weighted by atomic mass is 16.3. The van der Waals surface area contributed by atoms with E-state index in [0.717, 1.165) is 38.8 Å². The maximum Gasteiger partial charge on any atom is 0.320 e. The van der Waals surface area contributed by atoms with Crippen molar-refractivity contribution >= 4 is 6.03 Å². The smallest absolute Gasteiger partial charge is 0.320 e. The normalized spacial score (nSPS) is 32.9. The summed E-state index contributed by atoms with van der Waals surface area (Å²) in [6, 6.07) is 9.23.